The maximum atomic E-state index is 12.8. The second-order valence-corrected chi connectivity index (χ2v) is 8.41. The second kappa shape index (κ2) is 7.31. The van der Waals surface area contributed by atoms with Gasteiger partial charge in [-0.25, -0.2) is 4.98 Å². The number of nitrogens with zero attached hydrogens (tertiary/aromatic N) is 1. The van der Waals surface area contributed by atoms with Crippen molar-refractivity contribution in [2.75, 3.05) is 5.73 Å². The number of hydrogen-bond donors (Lipinski definition) is 2. The number of rotatable bonds is 4. The first-order valence-electron chi connectivity index (χ1n) is 9.63. The van der Waals surface area contributed by atoms with Crippen molar-refractivity contribution in [1.29, 1.82) is 0 Å². The topological polar surface area (TPSA) is 68.0 Å². The quantitative estimate of drug-likeness (QED) is 0.678. The van der Waals surface area contributed by atoms with E-state index in [1.165, 1.54) is 35.4 Å². The molecule has 140 valence electrons. The number of anilines is 1. The van der Waals surface area contributed by atoms with E-state index < -0.39 is 0 Å². The van der Waals surface area contributed by atoms with Gasteiger partial charge in [0, 0.05) is 11.1 Å². The zero-order valence-electron chi connectivity index (χ0n) is 15.8. The number of amides is 1. The summed E-state index contributed by atoms with van der Waals surface area (Å²) in [7, 11) is 0. The van der Waals surface area contributed by atoms with Gasteiger partial charge in [0.05, 0.1) is 11.7 Å². The van der Waals surface area contributed by atoms with Crippen LogP contribution in [0.5, 0.6) is 0 Å². The van der Waals surface area contributed by atoms with Crippen LogP contribution in [0.25, 0.3) is 10.2 Å². The van der Waals surface area contributed by atoms with Gasteiger partial charge in [0.1, 0.15) is 9.71 Å². The Kier molecular flexibility index (Phi) is 4.87. The van der Waals surface area contributed by atoms with Crippen LogP contribution >= 0.6 is 11.3 Å². The van der Waals surface area contributed by atoms with Gasteiger partial charge in [-0.15, -0.1) is 11.3 Å². The van der Waals surface area contributed by atoms with Gasteiger partial charge in [0.2, 0.25) is 0 Å². The van der Waals surface area contributed by atoms with Gasteiger partial charge in [-0.1, -0.05) is 43.7 Å². The number of hydrogen-bond acceptors (Lipinski definition) is 4. The number of benzene rings is 1. The molecule has 1 aliphatic rings. The molecule has 1 aromatic carbocycles. The minimum Gasteiger partial charge on any atom is -0.397 e. The predicted octanol–water partition coefficient (Wildman–Crippen LogP) is 4.88. The Morgan fingerprint density at radius 3 is 2.89 bits per heavy atom. The van der Waals surface area contributed by atoms with Crippen molar-refractivity contribution >= 4 is 33.1 Å². The lowest BCUT2D eigenvalue weighted by Gasteiger charge is -2.22. The van der Waals surface area contributed by atoms with Crippen LogP contribution in [-0.4, -0.2) is 10.9 Å². The van der Waals surface area contributed by atoms with Crippen LogP contribution in [0.3, 0.4) is 0 Å². The molecule has 2 aromatic heterocycles. The molecule has 4 nitrogen and oxygen atoms in total. The van der Waals surface area contributed by atoms with Gasteiger partial charge in [0.15, 0.2) is 0 Å². The molecule has 1 amide bonds. The van der Waals surface area contributed by atoms with Crippen LogP contribution in [-0.2, 0) is 12.8 Å². The van der Waals surface area contributed by atoms with Crippen LogP contribution in [0.2, 0.25) is 0 Å². The summed E-state index contributed by atoms with van der Waals surface area (Å²) in [5, 5.41) is 3.99. The third kappa shape index (κ3) is 3.44. The molecule has 0 aliphatic heterocycles. The molecule has 0 saturated heterocycles. The number of aryl methyl sites for hydroxylation is 1. The Morgan fingerprint density at radius 1 is 1.37 bits per heavy atom. The third-order valence-electron chi connectivity index (χ3n) is 5.62. The van der Waals surface area contributed by atoms with Crippen molar-refractivity contribution in [3.8, 4) is 0 Å². The molecule has 4 rings (SSSR count). The first kappa shape index (κ1) is 18.0. The van der Waals surface area contributed by atoms with Crippen molar-refractivity contribution in [2.45, 2.75) is 45.6 Å². The van der Waals surface area contributed by atoms with Gasteiger partial charge in [0.25, 0.3) is 5.91 Å². The summed E-state index contributed by atoms with van der Waals surface area (Å²) in [6.45, 7) is 4.23. The Labute approximate surface area is 163 Å². The maximum Gasteiger partial charge on any atom is 0.264 e. The summed E-state index contributed by atoms with van der Waals surface area (Å²) in [6.07, 6.45) is 4.48. The maximum absolute atomic E-state index is 12.8. The van der Waals surface area contributed by atoms with Crippen molar-refractivity contribution in [3.63, 3.8) is 0 Å². The normalized spacial score (nSPS) is 17.5. The lowest BCUT2D eigenvalue weighted by atomic mass is 9.85. The highest BCUT2D eigenvalue weighted by Crippen LogP contribution is 2.37. The fraction of sp³-hybridized carbons (Fsp3) is 0.364. The van der Waals surface area contributed by atoms with Gasteiger partial charge in [-0.05, 0) is 49.3 Å². The first-order valence-corrected chi connectivity index (χ1v) is 10.4. The van der Waals surface area contributed by atoms with Crippen LogP contribution in [0, 0.1) is 5.92 Å². The molecule has 1 aliphatic carbocycles. The number of nitrogen functional groups attached to an aromatic ring is 1. The fourth-order valence-corrected chi connectivity index (χ4v) is 4.87. The minimum atomic E-state index is -0.128. The van der Waals surface area contributed by atoms with Crippen molar-refractivity contribution in [3.05, 3.63) is 58.1 Å². The molecule has 2 heterocycles. The summed E-state index contributed by atoms with van der Waals surface area (Å²) in [5.41, 5.74) is 10.5. The number of carbonyl (C=O) groups excluding carboxylic acids is 1. The average Bonchev–Trinajstić information content (AvgIpc) is 3.02. The zero-order chi connectivity index (χ0) is 19.0. The average molecular weight is 380 g/mol. The Hall–Kier alpha value is -2.40. The van der Waals surface area contributed by atoms with Crippen LogP contribution < -0.4 is 11.1 Å². The van der Waals surface area contributed by atoms with Crippen LogP contribution in [0.1, 0.15) is 59.2 Å². The predicted molar refractivity (Wildman–Crippen MR) is 112 cm³/mol. The van der Waals surface area contributed by atoms with E-state index in [9.17, 15) is 4.79 Å². The number of pyridine rings is 1. The number of nitrogens with two attached hydrogens (primary N) is 1. The van der Waals surface area contributed by atoms with E-state index in [2.05, 4.69) is 18.3 Å². The lowest BCUT2D eigenvalue weighted by Crippen LogP contribution is -2.26. The highest BCUT2D eigenvalue weighted by atomic mass is 32.1. The van der Waals surface area contributed by atoms with Crippen LogP contribution in [0.15, 0.2) is 36.4 Å². The number of thiophene rings is 1. The van der Waals surface area contributed by atoms with E-state index in [0.29, 0.717) is 10.6 Å². The molecule has 0 unspecified atom stereocenters. The molecule has 3 aromatic rings. The molecule has 3 N–H and O–H groups in total. The van der Waals surface area contributed by atoms with Gasteiger partial charge >= 0.3 is 0 Å². The summed E-state index contributed by atoms with van der Waals surface area (Å²) >= 11 is 1.40. The molecular formula is C22H25N3OS. The molecule has 2 atom stereocenters. The Morgan fingerprint density at radius 2 is 2.15 bits per heavy atom. The second-order valence-electron chi connectivity index (χ2n) is 7.41. The minimum absolute atomic E-state index is 0.0743. The van der Waals surface area contributed by atoms with Gasteiger partial charge < -0.3 is 11.1 Å². The SMILES string of the molecule is CC[C@H]1CCc2nc3sc(C(=O)N[C@H](C)c4ccccc4)c(N)c3cc2C1. The van der Waals surface area contributed by atoms with E-state index in [-0.39, 0.29) is 11.9 Å². The largest absolute Gasteiger partial charge is 0.397 e. The van der Waals surface area contributed by atoms with E-state index >= 15 is 0 Å². The van der Waals surface area contributed by atoms with E-state index in [1.54, 1.807) is 0 Å². The number of nitrogens with one attached hydrogen (secondary N) is 1. The van der Waals surface area contributed by atoms with Gasteiger partial charge in [-0.3, -0.25) is 4.79 Å². The summed E-state index contributed by atoms with van der Waals surface area (Å²) in [4.78, 5) is 19.1. The molecule has 27 heavy (non-hydrogen) atoms. The monoisotopic (exact) mass is 379 g/mol. The van der Waals surface area contributed by atoms with Crippen molar-refractivity contribution in [2.24, 2.45) is 5.92 Å². The summed E-state index contributed by atoms with van der Waals surface area (Å²) < 4.78 is 0. The summed E-state index contributed by atoms with van der Waals surface area (Å²) in [6, 6.07) is 12.0. The lowest BCUT2D eigenvalue weighted by molar-refractivity contribution is 0.0945. The van der Waals surface area contributed by atoms with E-state index in [4.69, 9.17) is 10.7 Å². The highest BCUT2D eigenvalue weighted by Gasteiger charge is 2.23. The first-order chi connectivity index (χ1) is 13.1. The number of carbonyl (C=O) groups is 1. The standard InChI is InChI=1S/C22H25N3OS/c1-3-14-9-10-18-16(11-14)12-17-19(23)20(27-22(17)25-18)21(26)24-13(2)15-7-5-4-6-8-15/h4-8,12-14H,3,9-11,23H2,1-2H3,(H,24,26)/t13-,14+/m1/s1. The molecular weight excluding hydrogens is 354 g/mol. The highest BCUT2D eigenvalue weighted by molar-refractivity contribution is 7.21. The zero-order valence-corrected chi connectivity index (χ0v) is 16.6. The van der Waals surface area contributed by atoms with E-state index in [1.807, 2.05) is 37.3 Å². The third-order valence-corrected chi connectivity index (χ3v) is 6.73. The van der Waals surface area contributed by atoms with E-state index in [0.717, 1.165) is 34.5 Å². The van der Waals surface area contributed by atoms with Crippen molar-refractivity contribution < 1.29 is 4.79 Å². The van der Waals surface area contributed by atoms with Gasteiger partial charge in [-0.2, -0.15) is 0 Å². The molecule has 0 bridgehead atoms. The molecule has 0 spiro atoms. The molecule has 0 saturated carbocycles. The molecule has 0 radical (unpaired) electrons. The number of aromatic nitrogens is 1. The smallest absolute Gasteiger partial charge is 0.264 e. The number of fused-ring (bicyclic) bond motifs is 2. The Bertz CT molecular complexity index is 980. The molecule has 0 fully saturated rings. The fourth-order valence-electron chi connectivity index (χ4n) is 3.87. The Balaban J connectivity index is 1.62. The van der Waals surface area contributed by atoms with Crippen LogP contribution in [0.4, 0.5) is 5.69 Å². The molecule has 5 heteroatoms. The van der Waals surface area contributed by atoms with Crippen molar-refractivity contribution in [1.82, 2.24) is 10.3 Å². The summed E-state index contributed by atoms with van der Waals surface area (Å²) in [5.74, 6) is 0.599.